The minimum atomic E-state index is -0.261. The number of amides is 2. The number of carbonyl (C=O) groups excluding carboxylic acids is 1. The lowest BCUT2D eigenvalue weighted by atomic mass is 10.3. The van der Waals surface area contributed by atoms with E-state index in [0.717, 1.165) is 16.8 Å². The molecule has 124 valence electrons. The molecule has 0 atom stereocenters. The number of fused-ring (bicyclic) bond motifs is 1. The van der Waals surface area contributed by atoms with Crippen LogP contribution in [0.4, 0.5) is 10.5 Å². The Morgan fingerprint density at radius 3 is 2.75 bits per heavy atom. The summed E-state index contributed by atoms with van der Waals surface area (Å²) in [7, 11) is 0. The van der Waals surface area contributed by atoms with Gasteiger partial charge in [-0.25, -0.2) is 9.48 Å². The minimum Gasteiger partial charge on any atom is -0.494 e. The zero-order chi connectivity index (χ0) is 16.8. The molecule has 0 fully saturated rings. The maximum atomic E-state index is 11.9. The predicted molar refractivity (Wildman–Crippen MR) is 92.2 cm³/mol. The molecule has 24 heavy (non-hydrogen) atoms. The Morgan fingerprint density at radius 2 is 1.96 bits per heavy atom. The number of nitrogens with one attached hydrogen (secondary N) is 2. The van der Waals surface area contributed by atoms with E-state index in [1.165, 1.54) is 0 Å². The van der Waals surface area contributed by atoms with Crippen LogP contribution in [0.2, 0.25) is 0 Å². The fourth-order valence-electron chi connectivity index (χ4n) is 2.33. The van der Waals surface area contributed by atoms with Crippen LogP contribution < -0.4 is 15.4 Å². The van der Waals surface area contributed by atoms with Crippen molar-refractivity contribution in [3.8, 4) is 5.75 Å². The van der Waals surface area contributed by atoms with Crippen LogP contribution in [0.3, 0.4) is 0 Å². The molecule has 2 aromatic carbocycles. The van der Waals surface area contributed by atoms with E-state index < -0.39 is 0 Å². The van der Waals surface area contributed by atoms with Gasteiger partial charge in [0.1, 0.15) is 11.3 Å². The largest absolute Gasteiger partial charge is 0.494 e. The first-order valence-electron chi connectivity index (χ1n) is 7.82. The van der Waals surface area contributed by atoms with Gasteiger partial charge in [0.25, 0.3) is 0 Å². The summed E-state index contributed by atoms with van der Waals surface area (Å²) < 4.78 is 7.13. The van der Waals surface area contributed by atoms with Crippen LogP contribution in [0.25, 0.3) is 11.0 Å². The summed E-state index contributed by atoms with van der Waals surface area (Å²) in [4.78, 5) is 11.9. The number of benzene rings is 2. The Morgan fingerprint density at radius 1 is 1.17 bits per heavy atom. The molecular formula is C17H19N5O2. The standard InChI is InChI=1S/C17H19N5O2/c1-2-24-14-9-7-13(8-10-14)19-17(23)18-11-12-22-16-6-4-3-5-15(16)20-21-22/h3-10H,2,11-12H2,1H3,(H2,18,19,23). The molecule has 0 spiro atoms. The fraction of sp³-hybridized carbons (Fsp3) is 0.235. The molecule has 0 saturated heterocycles. The first-order chi connectivity index (χ1) is 11.8. The second-order valence-electron chi connectivity index (χ2n) is 5.14. The molecule has 0 bridgehead atoms. The molecule has 0 aliphatic carbocycles. The molecule has 0 radical (unpaired) electrons. The first-order valence-corrected chi connectivity index (χ1v) is 7.82. The molecular weight excluding hydrogens is 306 g/mol. The molecule has 3 aromatic rings. The fourth-order valence-corrected chi connectivity index (χ4v) is 2.33. The number of para-hydroxylation sites is 1. The molecule has 0 unspecified atom stereocenters. The summed E-state index contributed by atoms with van der Waals surface area (Å²) in [5.41, 5.74) is 2.50. The highest BCUT2D eigenvalue weighted by atomic mass is 16.5. The van der Waals surface area contributed by atoms with Gasteiger partial charge in [-0.1, -0.05) is 17.3 Å². The monoisotopic (exact) mass is 325 g/mol. The van der Waals surface area contributed by atoms with E-state index >= 15 is 0 Å². The molecule has 0 aliphatic rings. The van der Waals surface area contributed by atoms with Crippen molar-refractivity contribution in [2.45, 2.75) is 13.5 Å². The van der Waals surface area contributed by atoms with Gasteiger partial charge in [0.05, 0.1) is 18.7 Å². The minimum absolute atomic E-state index is 0.261. The number of nitrogens with zero attached hydrogens (tertiary/aromatic N) is 3. The van der Waals surface area contributed by atoms with Crippen LogP contribution >= 0.6 is 0 Å². The van der Waals surface area contributed by atoms with Crippen LogP contribution in [0, 0.1) is 0 Å². The lowest BCUT2D eigenvalue weighted by molar-refractivity contribution is 0.251. The zero-order valence-corrected chi connectivity index (χ0v) is 13.4. The number of carbonyl (C=O) groups is 1. The number of anilines is 1. The van der Waals surface area contributed by atoms with Gasteiger partial charge in [0.15, 0.2) is 0 Å². The predicted octanol–water partition coefficient (Wildman–Crippen LogP) is 2.65. The van der Waals surface area contributed by atoms with E-state index in [1.54, 1.807) is 16.8 Å². The summed E-state index contributed by atoms with van der Waals surface area (Å²) in [5, 5.41) is 13.7. The molecule has 0 saturated carbocycles. The van der Waals surface area contributed by atoms with Crippen molar-refractivity contribution in [3.05, 3.63) is 48.5 Å². The molecule has 3 rings (SSSR count). The van der Waals surface area contributed by atoms with E-state index in [0.29, 0.717) is 25.4 Å². The van der Waals surface area contributed by atoms with Crippen LogP contribution in [0.15, 0.2) is 48.5 Å². The Balaban J connectivity index is 1.49. The van der Waals surface area contributed by atoms with Gasteiger partial charge >= 0.3 is 6.03 Å². The van der Waals surface area contributed by atoms with Crippen molar-refractivity contribution in [3.63, 3.8) is 0 Å². The van der Waals surface area contributed by atoms with E-state index in [2.05, 4.69) is 20.9 Å². The van der Waals surface area contributed by atoms with Gasteiger partial charge in [-0.05, 0) is 43.3 Å². The van der Waals surface area contributed by atoms with Gasteiger partial charge < -0.3 is 15.4 Å². The highest BCUT2D eigenvalue weighted by Gasteiger charge is 2.05. The van der Waals surface area contributed by atoms with Crippen LogP contribution in [-0.4, -0.2) is 34.2 Å². The van der Waals surface area contributed by atoms with Crippen molar-refractivity contribution in [1.82, 2.24) is 20.3 Å². The second-order valence-corrected chi connectivity index (χ2v) is 5.14. The van der Waals surface area contributed by atoms with Crippen molar-refractivity contribution in [1.29, 1.82) is 0 Å². The third kappa shape index (κ3) is 3.81. The lowest BCUT2D eigenvalue weighted by Crippen LogP contribution is -2.31. The van der Waals surface area contributed by atoms with Gasteiger partial charge in [0.2, 0.25) is 0 Å². The number of aromatic nitrogens is 3. The third-order valence-electron chi connectivity index (χ3n) is 3.45. The van der Waals surface area contributed by atoms with E-state index in [-0.39, 0.29) is 6.03 Å². The average Bonchev–Trinajstić information content (AvgIpc) is 3.00. The average molecular weight is 325 g/mol. The van der Waals surface area contributed by atoms with E-state index in [9.17, 15) is 4.79 Å². The molecule has 2 N–H and O–H groups in total. The Hall–Kier alpha value is -3.09. The van der Waals surface area contributed by atoms with Crippen molar-refractivity contribution < 1.29 is 9.53 Å². The quantitative estimate of drug-likeness (QED) is 0.730. The van der Waals surface area contributed by atoms with E-state index in [1.807, 2.05) is 43.3 Å². The summed E-state index contributed by atoms with van der Waals surface area (Å²) in [5.74, 6) is 0.779. The third-order valence-corrected chi connectivity index (χ3v) is 3.45. The van der Waals surface area contributed by atoms with Crippen LogP contribution in [-0.2, 0) is 6.54 Å². The van der Waals surface area contributed by atoms with E-state index in [4.69, 9.17) is 4.74 Å². The Kier molecular flexibility index (Phi) is 4.90. The van der Waals surface area contributed by atoms with Crippen molar-refractivity contribution >= 4 is 22.8 Å². The molecule has 7 heteroatoms. The van der Waals surface area contributed by atoms with Crippen LogP contribution in [0.5, 0.6) is 5.75 Å². The Bertz CT molecular complexity index is 813. The zero-order valence-electron chi connectivity index (χ0n) is 13.4. The number of rotatable bonds is 6. The number of urea groups is 1. The highest BCUT2D eigenvalue weighted by Crippen LogP contribution is 2.15. The topological polar surface area (TPSA) is 81.1 Å². The van der Waals surface area contributed by atoms with Gasteiger partial charge in [-0.15, -0.1) is 5.10 Å². The molecule has 0 aliphatic heterocycles. The van der Waals surface area contributed by atoms with Crippen LogP contribution in [0.1, 0.15) is 6.92 Å². The summed E-state index contributed by atoms with van der Waals surface area (Å²) >= 11 is 0. The highest BCUT2D eigenvalue weighted by molar-refractivity contribution is 5.89. The first kappa shape index (κ1) is 15.8. The lowest BCUT2D eigenvalue weighted by Gasteiger charge is -2.09. The summed E-state index contributed by atoms with van der Waals surface area (Å²) in [6.45, 7) is 3.55. The van der Waals surface area contributed by atoms with Gasteiger partial charge in [-0.3, -0.25) is 0 Å². The maximum Gasteiger partial charge on any atom is 0.319 e. The van der Waals surface area contributed by atoms with Crippen molar-refractivity contribution in [2.75, 3.05) is 18.5 Å². The van der Waals surface area contributed by atoms with Crippen molar-refractivity contribution in [2.24, 2.45) is 0 Å². The molecule has 1 aromatic heterocycles. The molecule has 7 nitrogen and oxygen atoms in total. The summed E-state index contributed by atoms with van der Waals surface area (Å²) in [6, 6.07) is 14.7. The maximum absolute atomic E-state index is 11.9. The van der Waals surface area contributed by atoms with Gasteiger partial charge in [-0.2, -0.15) is 0 Å². The number of hydrogen-bond acceptors (Lipinski definition) is 4. The smallest absolute Gasteiger partial charge is 0.319 e. The SMILES string of the molecule is CCOc1ccc(NC(=O)NCCn2nnc3ccccc32)cc1. The van der Waals surface area contributed by atoms with Gasteiger partial charge in [0, 0.05) is 12.2 Å². The number of ether oxygens (including phenoxy) is 1. The summed E-state index contributed by atoms with van der Waals surface area (Å²) in [6.07, 6.45) is 0. The normalized spacial score (nSPS) is 10.5. The molecule has 2 amide bonds. The molecule has 1 heterocycles. The second kappa shape index (κ2) is 7.45. The Labute approximate surface area is 139 Å². The number of hydrogen-bond donors (Lipinski definition) is 2.